The Labute approximate surface area is 88.0 Å². The molecule has 15 heavy (non-hydrogen) atoms. The Bertz CT molecular complexity index is 519. The largest absolute Gasteiger partial charge is 0.328 e. The average Bonchev–Trinajstić information content (AvgIpc) is 2.71. The predicted octanol–water partition coefficient (Wildman–Crippen LogP) is 0.479. The van der Waals surface area contributed by atoms with Crippen LogP contribution in [0.3, 0.4) is 0 Å². The van der Waals surface area contributed by atoms with Gasteiger partial charge in [-0.25, -0.2) is 0 Å². The number of hydrogen-bond donors (Lipinski definition) is 2. The molecule has 0 atom stereocenters. The summed E-state index contributed by atoms with van der Waals surface area (Å²) in [7, 11) is 0. The van der Waals surface area contributed by atoms with Crippen LogP contribution in [0.15, 0.2) is 28.6 Å². The van der Waals surface area contributed by atoms with Gasteiger partial charge in [0.2, 0.25) is 5.13 Å². The molecule has 76 valence electrons. The first-order valence-electron chi connectivity index (χ1n) is 4.02. The summed E-state index contributed by atoms with van der Waals surface area (Å²) in [5.41, 5.74) is 1.11. The molecule has 0 unspecified atom stereocenters. The predicted molar refractivity (Wildman–Crippen MR) is 54.9 cm³/mol. The molecule has 2 rings (SSSR count). The number of hydrogen-bond acceptors (Lipinski definition) is 5. The van der Waals surface area contributed by atoms with Crippen LogP contribution in [0.1, 0.15) is 10.4 Å². The second-order valence-electron chi connectivity index (χ2n) is 2.61. The van der Waals surface area contributed by atoms with Crippen LogP contribution in [-0.4, -0.2) is 21.1 Å². The maximum Gasteiger partial charge on any atom is 0.263 e. The van der Waals surface area contributed by atoms with E-state index in [4.69, 9.17) is 0 Å². The van der Waals surface area contributed by atoms with Crippen molar-refractivity contribution < 1.29 is 4.79 Å². The minimum atomic E-state index is -0.492. The zero-order chi connectivity index (χ0) is 10.7. The normalized spacial score (nSPS) is 9.87. The van der Waals surface area contributed by atoms with E-state index in [1.165, 1.54) is 29.1 Å². The van der Waals surface area contributed by atoms with Crippen molar-refractivity contribution in [2.75, 3.05) is 5.32 Å². The van der Waals surface area contributed by atoms with E-state index in [1.54, 1.807) is 6.07 Å². The van der Waals surface area contributed by atoms with Crippen LogP contribution >= 0.6 is 11.3 Å². The van der Waals surface area contributed by atoms with Crippen molar-refractivity contribution in [3.05, 3.63) is 39.8 Å². The zero-order valence-corrected chi connectivity index (χ0v) is 8.25. The lowest BCUT2D eigenvalue weighted by molar-refractivity contribution is 0.102. The van der Waals surface area contributed by atoms with Gasteiger partial charge in [-0.1, -0.05) is 11.3 Å². The lowest BCUT2D eigenvalue weighted by Crippen LogP contribution is -2.22. The van der Waals surface area contributed by atoms with Gasteiger partial charge in [-0.05, 0) is 12.1 Å². The van der Waals surface area contributed by atoms with Crippen LogP contribution in [0.2, 0.25) is 0 Å². The van der Waals surface area contributed by atoms with Crippen molar-refractivity contribution in [3.8, 4) is 0 Å². The first kappa shape index (κ1) is 9.53. The second-order valence-corrected chi connectivity index (χ2v) is 3.44. The van der Waals surface area contributed by atoms with E-state index in [0.717, 1.165) is 0 Å². The molecule has 0 fully saturated rings. The van der Waals surface area contributed by atoms with E-state index in [1.807, 2.05) is 0 Å². The molecule has 2 heterocycles. The van der Waals surface area contributed by atoms with Gasteiger partial charge in [0, 0.05) is 6.20 Å². The van der Waals surface area contributed by atoms with Gasteiger partial charge < -0.3 is 4.98 Å². The minimum absolute atomic E-state index is 0.0488. The van der Waals surface area contributed by atoms with Gasteiger partial charge >= 0.3 is 0 Å². The van der Waals surface area contributed by atoms with Gasteiger partial charge in [-0.3, -0.25) is 14.9 Å². The number of aromatic nitrogens is 3. The molecule has 1 amide bonds. The monoisotopic (exact) mass is 222 g/mol. The topological polar surface area (TPSA) is 87.7 Å². The smallest absolute Gasteiger partial charge is 0.263 e. The highest BCUT2D eigenvalue weighted by molar-refractivity contribution is 7.13. The highest BCUT2D eigenvalue weighted by Gasteiger charge is 2.10. The SMILES string of the molecule is O=C(Nc1nncs1)c1ccc[nH]c1=O. The standard InChI is InChI=1S/C8H6N4O2S/c13-6-5(2-1-3-9-6)7(14)11-8-12-10-4-15-8/h1-4H,(H,9,13)(H,11,12,14). The summed E-state index contributed by atoms with van der Waals surface area (Å²) in [6, 6.07) is 3.02. The number of amides is 1. The molecule has 0 aliphatic carbocycles. The van der Waals surface area contributed by atoms with Crippen molar-refractivity contribution in [1.29, 1.82) is 0 Å². The summed E-state index contributed by atoms with van der Waals surface area (Å²) in [4.78, 5) is 25.2. The molecular formula is C8H6N4O2S. The van der Waals surface area contributed by atoms with Crippen LogP contribution in [0.5, 0.6) is 0 Å². The quantitative estimate of drug-likeness (QED) is 0.773. The first-order chi connectivity index (χ1) is 7.27. The third-order valence-corrected chi connectivity index (χ3v) is 2.25. The van der Waals surface area contributed by atoms with E-state index in [9.17, 15) is 9.59 Å². The van der Waals surface area contributed by atoms with Crippen LogP contribution in [0.25, 0.3) is 0 Å². The third-order valence-electron chi connectivity index (χ3n) is 1.64. The molecular weight excluding hydrogens is 216 g/mol. The van der Waals surface area contributed by atoms with Crippen LogP contribution in [0, 0.1) is 0 Å². The molecule has 0 aromatic carbocycles. The van der Waals surface area contributed by atoms with E-state index in [-0.39, 0.29) is 5.56 Å². The minimum Gasteiger partial charge on any atom is -0.328 e. The van der Waals surface area contributed by atoms with E-state index >= 15 is 0 Å². The Morgan fingerprint density at radius 2 is 2.40 bits per heavy atom. The second kappa shape index (κ2) is 4.01. The molecule has 0 spiro atoms. The Kier molecular flexibility index (Phi) is 2.55. The fourth-order valence-electron chi connectivity index (χ4n) is 0.992. The molecule has 7 heteroatoms. The van der Waals surface area contributed by atoms with Gasteiger partial charge in [0.15, 0.2) is 0 Å². The van der Waals surface area contributed by atoms with Crippen molar-refractivity contribution in [2.45, 2.75) is 0 Å². The number of nitrogens with zero attached hydrogens (tertiary/aromatic N) is 2. The molecule has 0 aliphatic rings. The highest BCUT2D eigenvalue weighted by atomic mass is 32.1. The summed E-state index contributed by atoms with van der Waals surface area (Å²) < 4.78 is 0. The Balaban J connectivity index is 2.23. The molecule has 0 saturated heterocycles. The Hall–Kier alpha value is -2.02. The number of pyridine rings is 1. The maximum absolute atomic E-state index is 11.5. The number of carbonyl (C=O) groups is 1. The molecule has 0 bridgehead atoms. The van der Waals surface area contributed by atoms with Gasteiger partial charge in [0.05, 0.1) is 0 Å². The lowest BCUT2D eigenvalue weighted by Gasteiger charge is -1.98. The van der Waals surface area contributed by atoms with Crippen LogP contribution < -0.4 is 10.9 Å². The molecule has 0 aliphatic heterocycles. The van der Waals surface area contributed by atoms with E-state index in [0.29, 0.717) is 5.13 Å². The third kappa shape index (κ3) is 2.08. The van der Waals surface area contributed by atoms with Crippen LogP contribution in [0.4, 0.5) is 5.13 Å². The fourth-order valence-corrected chi connectivity index (χ4v) is 1.43. The summed E-state index contributed by atoms with van der Waals surface area (Å²) in [5, 5.41) is 10.0. The number of carbonyl (C=O) groups excluding carboxylic acids is 1. The van der Waals surface area contributed by atoms with Gasteiger partial charge in [0.1, 0.15) is 11.1 Å². The van der Waals surface area contributed by atoms with Crippen LogP contribution in [-0.2, 0) is 0 Å². The molecule has 2 aromatic rings. The highest BCUT2D eigenvalue weighted by Crippen LogP contribution is 2.08. The first-order valence-corrected chi connectivity index (χ1v) is 4.90. The van der Waals surface area contributed by atoms with E-state index < -0.39 is 11.5 Å². The zero-order valence-electron chi connectivity index (χ0n) is 7.43. The summed E-state index contributed by atoms with van der Waals surface area (Å²) in [6.07, 6.45) is 1.46. The Morgan fingerprint density at radius 3 is 3.07 bits per heavy atom. The van der Waals surface area contributed by atoms with Crippen molar-refractivity contribution in [3.63, 3.8) is 0 Å². The van der Waals surface area contributed by atoms with Crippen molar-refractivity contribution in [1.82, 2.24) is 15.2 Å². The number of nitrogens with one attached hydrogen (secondary N) is 2. The van der Waals surface area contributed by atoms with Crippen molar-refractivity contribution in [2.24, 2.45) is 0 Å². The molecule has 0 radical (unpaired) electrons. The molecule has 2 aromatic heterocycles. The average molecular weight is 222 g/mol. The summed E-state index contributed by atoms with van der Waals surface area (Å²) in [5.74, 6) is -0.492. The molecule has 6 nitrogen and oxygen atoms in total. The number of aromatic amines is 1. The number of anilines is 1. The van der Waals surface area contributed by atoms with E-state index in [2.05, 4.69) is 20.5 Å². The fraction of sp³-hybridized carbons (Fsp3) is 0. The molecule has 2 N–H and O–H groups in total. The summed E-state index contributed by atoms with van der Waals surface area (Å²) >= 11 is 1.19. The van der Waals surface area contributed by atoms with Gasteiger partial charge in [-0.2, -0.15) is 0 Å². The number of rotatable bonds is 2. The molecule has 0 saturated carbocycles. The Morgan fingerprint density at radius 1 is 1.53 bits per heavy atom. The summed E-state index contributed by atoms with van der Waals surface area (Å²) in [6.45, 7) is 0. The maximum atomic E-state index is 11.5. The van der Waals surface area contributed by atoms with Crippen molar-refractivity contribution >= 4 is 22.4 Å². The lowest BCUT2D eigenvalue weighted by atomic mass is 10.3. The number of H-pyrrole nitrogens is 1. The van der Waals surface area contributed by atoms with Gasteiger partial charge in [-0.15, -0.1) is 10.2 Å². The van der Waals surface area contributed by atoms with Gasteiger partial charge in [0.25, 0.3) is 11.5 Å².